The van der Waals surface area contributed by atoms with Crippen LogP contribution in [0.15, 0.2) is 34.2 Å². The Bertz CT molecular complexity index is 392. The van der Waals surface area contributed by atoms with Gasteiger partial charge in [0.1, 0.15) is 0 Å². The van der Waals surface area contributed by atoms with Gasteiger partial charge in [-0.1, -0.05) is 23.4 Å². The Morgan fingerprint density at radius 1 is 1.41 bits per heavy atom. The molecule has 1 aromatic rings. The van der Waals surface area contributed by atoms with Crippen molar-refractivity contribution in [1.29, 1.82) is 0 Å². The van der Waals surface area contributed by atoms with Crippen molar-refractivity contribution in [2.24, 2.45) is 4.99 Å². The van der Waals surface area contributed by atoms with E-state index in [9.17, 15) is 0 Å². The molecule has 1 aromatic carbocycles. The van der Waals surface area contributed by atoms with Gasteiger partial charge in [-0.3, -0.25) is 4.99 Å². The molecule has 1 fully saturated rings. The zero-order valence-corrected chi connectivity index (χ0v) is 12.1. The van der Waals surface area contributed by atoms with Gasteiger partial charge >= 0.3 is 0 Å². The number of halogens is 1. The number of benzene rings is 1. The molecule has 2 nitrogen and oxygen atoms in total. The third-order valence-corrected chi connectivity index (χ3v) is 4.73. The molecule has 1 saturated heterocycles. The first kappa shape index (κ1) is 13.1. The summed E-state index contributed by atoms with van der Waals surface area (Å²) in [5.74, 6) is 2.18. The third-order valence-electron chi connectivity index (χ3n) is 2.41. The van der Waals surface area contributed by atoms with Gasteiger partial charge in [0, 0.05) is 35.0 Å². The van der Waals surface area contributed by atoms with Crippen molar-refractivity contribution in [1.82, 2.24) is 4.90 Å². The molecular formula is C12H15ClN2S2. The second-order valence-electron chi connectivity index (χ2n) is 3.74. The second-order valence-corrected chi connectivity index (χ2v) is 6.40. The molecule has 1 heterocycles. The first-order valence-electron chi connectivity index (χ1n) is 5.52. The van der Waals surface area contributed by atoms with Gasteiger partial charge in [-0.05, 0) is 24.3 Å². The van der Waals surface area contributed by atoms with E-state index in [1.165, 1.54) is 15.8 Å². The Hall–Kier alpha value is -0.320. The molecule has 0 N–H and O–H groups in total. The molecule has 0 amide bonds. The predicted octanol–water partition coefficient (Wildman–Crippen LogP) is 3.47. The number of nitrogens with zero attached hydrogens (tertiary/aromatic N) is 2. The summed E-state index contributed by atoms with van der Waals surface area (Å²) in [7, 11) is 2.10. The first-order chi connectivity index (χ1) is 8.25. The maximum Gasteiger partial charge on any atom is 0.159 e. The van der Waals surface area contributed by atoms with Gasteiger partial charge in [0.15, 0.2) is 5.17 Å². The summed E-state index contributed by atoms with van der Waals surface area (Å²) in [6.07, 6.45) is 0. The summed E-state index contributed by atoms with van der Waals surface area (Å²) < 4.78 is 0. The van der Waals surface area contributed by atoms with Gasteiger partial charge in [0.05, 0.1) is 6.54 Å². The minimum Gasteiger partial charge on any atom is -0.354 e. The Kier molecular flexibility index (Phi) is 5.07. The van der Waals surface area contributed by atoms with E-state index in [0.717, 1.165) is 23.9 Å². The highest BCUT2D eigenvalue weighted by Gasteiger charge is 2.13. The molecule has 0 aromatic heterocycles. The van der Waals surface area contributed by atoms with Gasteiger partial charge in [-0.2, -0.15) is 0 Å². The van der Waals surface area contributed by atoms with E-state index in [4.69, 9.17) is 11.6 Å². The van der Waals surface area contributed by atoms with Crippen LogP contribution >= 0.6 is 35.1 Å². The fraction of sp³-hybridized carbons (Fsp3) is 0.417. The number of hydrogen-bond acceptors (Lipinski definition) is 3. The van der Waals surface area contributed by atoms with Crippen molar-refractivity contribution >= 4 is 40.3 Å². The summed E-state index contributed by atoms with van der Waals surface area (Å²) in [4.78, 5) is 8.07. The Balaban J connectivity index is 1.74. The quantitative estimate of drug-likeness (QED) is 0.623. The highest BCUT2D eigenvalue weighted by molar-refractivity contribution is 8.14. The molecule has 0 saturated carbocycles. The fourth-order valence-corrected chi connectivity index (χ4v) is 3.40. The lowest BCUT2D eigenvalue weighted by atomic mass is 10.4. The predicted molar refractivity (Wildman–Crippen MR) is 79.6 cm³/mol. The molecule has 92 valence electrons. The fourth-order valence-electron chi connectivity index (χ4n) is 1.48. The molecule has 2 rings (SSSR count). The second kappa shape index (κ2) is 6.57. The van der Waals surface area contributed by atoms with Crippen LogP contribution in [0.2, 0.25) is 5.02 Å². The van der Waals surface area contributed by atoms with E-state index < -0.39 is 0 Å². The van der Waals surface area contributed by atoms with Crippen LogP contribution < -0.4 is 0 Å². The highest BCUT2D eigenvalue weighted by Crippen LogP contribution is 2.21. The summed E-state index contributed by atoms with van der Waals surface area (Å²) in [6, 6.07) is 7.96. The van der Waals surface area contributed by atoms with Crippen molar-refractivity contribution in [3.63, 3.8) is 0 Å². The lowest BCUT2D eigenvalue weighted by Gasteiger charge is -2.09. The molecule has 1 aliphatic heterocycles. The Morgan fingerprint density at radius 3 is 2.82 bits per heavy atom. The van der Waals surface area contributed by atoms with E-state index in [1.54, 1.807) is 0 Å². The van der Waals surface area contributed by atoms with E-state index in [1.807, 2.05) is 35.7 Å². The van der Waals surface area contributed by atoms with Crippen LogP contribution in [0, 0.1) is 0 Å². The van der Waals surface area contributed by atoms with E-state index in [-0.39, 0.29) is 0 Å². The van der Waals surface area contributed by atoms with Crippen molar-refractivity contribution < 1.29 is 0 Å². The largest absolute Gasteiger partial charge is 0.354 e. The van der Waals surface area contributed by atoms with Crippen molar-refractivity contribution in [2.45, 2.75) is 4.90 Å². The zero-order valence-electron chi connectivity index (χ0n) is 9.73. The molecule has 0 aliphatic carbocycles. The van der Waals surface area contributed by atoms with E-state index in [0.29, 0.717) is 0 Å². The molecule has 0 atom stereocenters. The average molecular weight is 287 g/mol. The molecule has 1 aliphatic rings. The van der Waals surface area contributed by atoms with Crippen molar-refractivity contribution in [3.05, 3.63) is 29.3 Å². The van der Waals surface area contributed by atoms with Gasteiger partial charge in [-0.25, -0.2) is 0 Å². The molecule has 5 heteroatoms. The number of hydrogen-bond donors (Lipinski definition) is 0. The number of aliphatic imine (C=N–C) groups is 1. The average Bonchev–Trinajstić information content (AvgIpc) is 2.73. The van der Waals surface area contributed by atoms with Crippen LogP contribution in [0.25, 0.3) is 0 Å². The van der Waals surface area contributed by atoms with Crippen LogP contribution in [0.1, 0.15) is 0 Å². The van der Waals surface area contributed by atoms with Crippen LogP contribution in [0.3, 0.4) is 0 Å². The smallest absolute Gasteiger partial charge is 0.159 e. The Morgan fingerprint density at radius 2 is 2.18 bits per heavy atom. The van der Waals surface area contributed by atoms with Gasteiger partial charge < -0.3 is 4.90 Å². The minimum absolute atomic E-state index is 0.790. The number of rotatable bonds is 4. The minimum atomic E-state index is 0.790. The molecule has 17 heavy (non-hydrogen) atoms. The maximum absolute atomic E-state index is 5.84. The van der Waals surface area contributed by atoms with Gasteiger partial charge in [0.2, 0.25) is 0 Å². The summed E-state index contributed by atoms with van der Waals surface area (Å²) >= 11 is 9.50. The SMILES string of the molecule is CN1CCSC1=NCCSc1ccc(Cl)cc1. The highest BCUT2D eigenvalue weighted by atomic mass is 35.5. The number of thioether (sulfide) groups is 2. The van der Waals surface area contributed by atoms with Crippen LogP contribution in [-0.2, 0) is 0 Å². The lowest BCUT2D eigenvalue weighted by Crippen LogP contribution is -2.18. The van der Waals surface area contributed by atoms with Crippen LogP contribution in [0.5, 0.6) is 0 Å². The monoisotopic (exact) mass is 286 g/mol. The number of amidine groups is 1. The lowest BCUT2D eigenvalue weighted by molar-refractivity contribution is 0.561. The molecule has 0 spiro atoms. The first-order valence-corrected chi connectivity index (χ1v) is 7.87. The van der Waals surface area contributed by atoms with E-state index >= 15 is 0 Å². The summed E-state index contributed by atoms with van der Waals surface area (Å²) in [5, 5.41) is 1.97. The van der Waals surface area contributed by atoms with Crippen molar-refractivity contribution in [3.8, 4) is 0 Å². The molecule has 0 bridgehead atoms. The van der Waals surface area contributed by atoms with E-state index in [2.05, 4.69) is 29.1 Å². The van der Waals surface area contributed by atoms with Crippen LogP contribution in [0.4, 0.5) is 0 Å². The molecule has 0 radical (unpaired) electrons. The van der Waals surface area contributed by atoms with Crippen LogP contribution in [-0.4, -0.2) is 41.7 Å². The molecule has 0 unspecified atom stereocenters. The topological polar surface area (TPSA) is 15.6 Å². The third kappa shape index (κ3) is 4.12. The summed E-state index contributed by atoms with van der Waals surface area (Å²) in [6.45, 7) is 1.99. The standard InChI is InChI=1S/C12H15ClN2S2/c1-15-7-9-17-12(15)14-6-8-16-11-4-2-10(13)3-5-11/h2-5H,6-9H2,1H3. The maximum atomic E-state index is 5.84. The molecular weight excluding hydrogens is 272 g/mol. The van der Waals surface area contributed by atoms with Crippen molar-refractivity contribution in [2.75, 3.05) is 31.6 Å². The zero-order chi connectivity index (χ0) is 12.1. The van der Waals surface area contributed by atoms with Gasteiger partial charge in [0.25, 0.3) is 0 Å². The normalized spacial score (nSPS) is 18.0. The summed E-state index contributed by atoms with van der Waals surface area (Å²) in [5.41, 5.74) is 0. The Labute approximate surface area is 116 Å². The van der Waals surface area contributed by atoms with Gasteiger partial charge in [-0.15, -0.1) is 11.8 Å².